The van der Waals surface area contributed by atoms with E-state index < -0.39 is 0 Å². The molecule has 0 spiro atoms. The maximum absolute atomic E-state index is 12.9. The lowest BCUT2D eigenvalue weighted by Gasteiger charge is -2.32. The molecule has 0 radical (unpaired) electrons. The number of aromatic amines is 1. The molecule has 1 atom stereocenters. The summed E-state index contributed by atoms with van der Waals surface area (Å²) in [6, 6.07) is 13.0. The molecule has 1 saturated heterocycles. The summed E-state index contributed by atoms with van der Waals surface area (Å²) in [4.78, 5) is 14.8. The van der Waals surface area contributed by atoms with Gasteiger partial charge in [-0.3, -0.25) is 4.79 Å². The molecule has 1 aromatic heterocycles. The molecule has 140 valence electrons. The lowest BCUT2D eigenvalue weighted by molar-refractivity contribution is 0.0633. The van der Waals surface area contributed by atoms with Crippen molar-refractivity contribution >= 4 is 16.9 Å². The summed E-state index contributed by atoms with van der Waals surface area (Å²) in [5.41, 5.74) is 2.11. The summed E-state index contributed by atoms with van der Waals surface area (Å²) in [6.07, 6.45) is 2.03. The smallest absolute Gasteiger partial charge is 0.253 e. The monoisotopic (exact) mass is 366 g/mol. The molecule has 0 aliphatic carbocycles. The maximum Gasteiger partial charge on any atom is 0.253 e. The fraction of sp³-hybridized carbons (Fsp3) is 0.350. The van der Waals surface area contributed by atoms with E-state index in [9.17, 15) is 4.79 Å². The van der Waals surface area contributed by atoms with Crippen LogP contribution in [0.25, 0.3) is 11.0 Å². The summed E-state index contributed by atoms with van der Waals surface area (Å²) >= 11 is 0. The highest BCUT2D eigenvalue weighted by molar-refractivity contribution is 5.97. The number of H-pyrrole nitrogens is 1. The number of methoxy groups -OCH3 is 1. The first kappa shape index (κ1) is 17.3. The average molecular weight is 366 g/mol. The van der Waals surface area contributed by atoms with Crippen molar-refractivity contribution in [2.24, 2.45) is 5.92 Å². The molecule has 1 aliphatic rings. The second-order valence-corrected chi connectivity index (χ2v) is 6.78. The Balaban J connectivity index is 1.39. The van der Waals surface area contributed by atoms with Crippen LogP contribution in [0.5, 0.6) is 11.5 Å². The third-order valence-electron chi connectivity index (χ3n) is 4.90. The van der Waals surface area contributed by atoms with Gasteiger partial charge < -0.3 is 14.4 Å². The molecule has 27 heavy (non-hydrogen) atoms. The minimum atomic E-state index is 0.0333. The first-order chi connectivity index (χ1) is 13.2. The van der Waals surface area contributed by atoms with Crippen LogP contribution < -0.4 is 9.47 Å². The SMILES string of the molecule is COc1cccc(OCC2CCCN(C(=O)c3ccc4n[nH]nc4c3)C2)c1. The molecular formula is C20H22N4O3. The predicted octanol–water partition coefficient (Wildman–Crippen LogP) is 2.90. The van der Waals surface area contributed by atoms with E-state index in [4.69, 9.17) is 9.47 Å². The molecular weight excluding hydrogens is 344 g/mol. The molecule has 1 aliphatic heterocycles. The van der Waals surface area contributed by atoms with Gasteiger partial charge in [0.1, 0.15) is 22.5 Å². The summed E-state index contributed by atoms with van der Waals surface area (Å²) < 4.78 is 11.2. The van der Waals surface area contributed by atoms with Gasteiger partial charge in [-0.2, -0.15) is 15.4 Å². The number of nitrogens with zero attached hydrogens (tertiary/aromatic N) is 3. The molecule has 3 aromatic rings. The quantitative estimate of drug-likeness (QED) is 0.751. The van der Waals surface area contributed by atoms with Crippen LogP contribution in [0.3, 0.4) is 0 Å². The third-order valence-corrected chi connectivity index (χ3v) is 4.90. The van der Waals surface area contributed by atoms with E-state index in [0.29, 0.717) is 30.1 Å². The van der Waals surface area contributed by atoms with Crippen molar-refractivity contribution in [2.75, 3.05) is 26.8 Å². The van der Waals surface area contributed by atoms with Crippen LogP contribution in [-0.2, 0) is 0 Å². The second kappa shape index (κ2) is 7.65. The van der Waals surface area contributed by atoms with E-state index in [1.165, 1.54) is 0 Å². The Hall–Kier alpha value is -3.09. The Morgan fingerprint density at radius 2 is 2.04 bits per heavy atom. The predicted molar refractivity (Wildman–Crippen MR) is 101 cm³/mol. The molecule has 2 heterocycles. The van der Waals surface area contributed by atoms with E-state index in [-0.39, 0.29) is 5.91 Å². The molecule has 1 N–H and O–H groups in total. The Morgan fingerprint density at radius 3 is 2.93 bits per heavy atom. The van der Waals surface area contributed by atoms with Crippen molar-refractivity contribution in [1.82, 2.24) is 20.3 Å². The number of piperidine rings is 1. The molecule has 1 amide bonds. The number of likely N-dealkylation sites (tertiary alicyclic amines) is 1. The number of ether oxygens (including phenoxy) is 2. The Morgan fingerprint density at radius 1 is 1.19 bits per heavy atom. The van der Waals surface area contributed by atoms with Crippen LogP contribution in [0.1, 0.15) is 23.2 Å². The highest BCUT2D eigenvalue weighted by Crippen LogP contribution is 2.23. The van der Waals surface area contributed by atoms with Gasteiger partial charge in [0.2, 0.25) is 0 Å². The standard InChI is InChI=1S/C20H22N4O3/c1-26-16-5-2-6-17(11-16)27-13-14-4-3-9-24(12-14)20(25)15-7-8-18-19(10-15)22-23-21-18/h2,5-8,10-11,14H,3-4,9,12-13H2,1H3,(H,21,22,23). The van der Waals surface area contributed by atoms with Gasteiger partial charge >= 0.3 is 0 Å². The van der Waals surface area contributed by atoms with Crippen molar-refractivity contribution in [2.45, 2.75) is 12.8 Å². The zero-order valence-corrected chi connectivity index (χ0v) is 15.2. The number of benzene rings is 2. The van der Waals surface area contributed by atoms with E-state index in [0.717, 1.165) is 36.4 Å². The molecule has 1 fully saturated rings. The van der Waals surface area contributed by atoms with Gasteiger partial charge in [0.15, 0.2) is 0 Å². The number of fused-ring (bicyclic) bond motifs is 1. The average Bonchev–Trinajstić information content (AvgIpc) is 3.20. The third kappa shape index (κ3) is 3.86. The fourth-order valence-electron chi connectivity index (χ4n) is 3.45. The number of hydrogen-bond donors (Lipinski definition) is 1. The van der Waals surface area contributed by atoms with E-state index in [1.54, 1.807) is 13.2 Å². The summed E-state index contributed by atoms with van der Waals surface area (Å²) in [7, 11) is 1.64. The van der Waals surface area contributed by atoms with Crippen molar-refractivity contribution in [3.8, 4) is 11.5 Å². The zero-order valence-electron chi connectivity index (χ0n) is 15.2. The highest BCUT2D eigenvalue weighted by Gasteiger charge is 2.25. The molecule has 4 rings (SSSR count). The lowest BCUT2D eigenvalue weighted by atomic mass is 9.98. The van der Waals surface area contributed by atoms with Crippen molar-refractivity contribution in [3.63, 3.8) is 0 Å². The van der Waals surface area contributed by atoms with Gasteiger partial charge in [-0.25, -0.2) is 0 Å². The number of carbonyl (C=O) groups is 1. The van der Waals surface area contributed by atoms with Crippen LogP contribution in [0.15, 0.2) is 42.5 Å². The number of carbonyl (C=O) groups excluding carboxylic acids is 1. The lowest BCUT2D eigenvalue weighted by Crippen LogP contribution is -2.41. The first-order valence-corrected chi connectivity index (χ1v) is 9.09. The second-order valence-electron chi connectivity index (χ2n) is 6.78. The van der Waals surface area contributed by atoms with Crippen LogP contribution >= 0.6 is 0 Å². The number of amides is 1. The molecule has 2 aromatic carbocycles. The molecule has 7 heteroatoms. The first-order valence-electron chi connectivity index (χ1n) is 9.09. The van der Waals surface area contributed by atoms with Gasteiger partial charge in [-0.1, -0.05) is 6.07 Å². The van der Waals surface area contributed by atoms with E-state index >= 15 is 0 Å². The van der Waals surface area contributed by atoms with Crippen LogP contribution in [0.2, 0.25) is 0 Å². The molecule has 7 nitrogen and oxygen atoms in total. The highest BCUT2D eigenvalue weighted by atomic mass is 16.5. The van der Waals surface area contributed by atoms with Gasteiger partial charge in [-0.15, -0.1) is 0 Å². The minimum Gasteiger partial charge on any atom is -0.497 e. The molecule has 1 unspecified atom stereocenters. The number of aromatic nitrogens is 3. The number of hydrogen-bond acceptors (Lipinski definition) is 5. The molecule has 0 bridgehead atoms. The van der Waals surface area contributed by atoms with Gasteiger partial charge in [-0.05, 0) is 43.2 Å². The largest absolute Gasteiger partial charge is 0.497 e. The van der Waals surface area contributed by atoms with Crippen LogP contribution in [0.4, 0.5) is 0 Å². The van der Waals surface area contributed by atoms with Crippen molar-refractivity contribution in [1.29, 1.82) is 0 Å². The Kier molecular flexibility index (Phi) is 4.91. The topological polar surface area (TPSA) is 80.3 Å². The zero-order chi connectivity index (χ0) is 18.6. The maximum atomic E-state index is 12.9. The van der Waals surface area contributed by atoms with Crippen molar-refractivity contribution in [3.05, 3.63) is 48.0 Å². The number of rotatable bonds is 5. The van der Waals surface area contributed by atoms with Crippen molar-refractivity contribution < 1.29 is 14.3 Å². The van der Waals surface area contributed by atoms with Crippen LogP contribution in [0, 0.1) is 5.92 Å². The Labute approximate surface area is 157 Å². The molecule has 0 saturated carbocycles. The minimum absolute atomic E-state index is 0.0333. The summed E-state index contributed by atoms with van der Waals surface area (Å²) in [6.45, 7) is 2.05. The van der Waals surface area contributed by atoms with Crippen LogP contribution in [-0.4, -0.2) is 53.0 Å². The van der Waals surface area contributed by atoms with E-state index in [1.807, 2.05) is 41.3 Å². The fourth-order valence-corrected chi connectivity index (χ4v) is 3.45. The van der Waals surface area contributed by atoms with Gasteiger partial charge in [0.05, 0.1) is 13.7 Å². The van der Waals surface area contributed by atoms with Gasteiger partial charge in [0, 0.05) is 30.6 Å². The number of nitrogens with one attached hydrogen (secondary N) is 1. The summed E-state index contributed by atoms with van der Waals surface area (Å²) in [5.74, 6) is 1.90. The van der Waals surface area contributed by atoms with Gasteiger partial charge in [0.25, 0.3) is 5.91 Å². The van der Waals surface area contributed by atoms with E-state index in [2.05, 4.69) is 15.4 Å². The summed E-state index contributed by atoms with van der Waals surface area (Å²) in [5, 5.41) is 10.7. The normalized spacial score (nSPS) is 17.1. The Bertz CT molecular complexity index is 940.